The van der Waals surface area contributed by atoms with E-state index in [0.29, 0.717) is 70.8 Å². The summed E-state index contributed by atoms with van der Waals surface area (Å²) in [7, 11) is -3.24. The van der Waals surface area contributed by atoms with E-state index in [2.05, 4.69) is 20.9 Å². The number of pyridine rings is 1. The van der Waals surface area contributed by atoms with Gasteiger partial charge in [-0.2, -0.15) is 13.2 Å². The van der Waals surface area contributed by atoms with Crippen LogP contribution in [0.25, 0.3) is 22.3 Å². The molecule has 2 aromatic carbocycles. The summed E-state index contributed by atoms with van der Waals surface area (Å²) in [6, 6.07) is 5.54. The zero-order chi connectivity index (χ0) is 47.6. The molecule has 7 rings (SSSR count). The van der Waals surface area contributed by atoms with Crippen LogP contribution in [0.3, 0.4) is 0 Å². The highest BCUT2D eigenvalue weighted by Crippen LogP contribution is 2.70. The van der Waals surface area contributed by atoms with E-state index in [1.807, 2.05) is 13.8 Å². The fourth-order valence-corrected chi connectivity index (χ4v) is 11.9. The lowest BCUT2D eigenvalue weighted by Crippen LogP contribution is -2.55. The second-order valence-corrected chi connectivity index (χ2v) is 20.9. The zero-order valence-electron chi connectivity index (χ0n) is 36.5. The Bertz CT molecular complexity index is 2540. The van der Waals surface area contributed by atoms with Gasteiger partial charge < -0.3 is 35.2 Å². The van der Waals surface area contributed by atoms with Crippen LogP contribution in [0.1, 0.15) is 90.0 Å². The van der Waals surface area contributed by atoms with Crippen molar-refractivity contribution in [3.8, 4) is 22.9 Å². The van der Waals surface area contributed by atoms with Gasteiger partial charge in [-0.25, -0.2) is 18.7 Å². The van der Waals surface area contributed by atoms with Crippen LogP contribution in [0.4, 0.5) is 27.1 Å². The number of methoxy groups -OCH3 is 1. The number of fused-ring (bicyclic) bond motifs is 3. The van der Waals surface area contributed by atoms with Crippen molar-refractivity contribution in [1.29, 1.82) is 0 Å². The number of benzene rings is 2. The van der Waals surface area contributed by atoms with Crippen LogP contribution in [0, 0.1) is 11.6 Å². The molecule has 356 valence electrons. The minimum Gasteiger partial charge on any atom is -0.495 e. The van der Waals surface area contributed by atoms with Gasteiger partial charge in [0, 0.05) is 54.1 Å². The SMILES string of the molecule is COc1ccc2c(OC3C[C@H]4C(=O)N[C@]5(P(=O)(O)Cc6c(F)cccc6F)CC5=CCCCCCC[C@H](NC(=O)CCCC(F)(F)F)C(=O)N4C3)cc(-c3csc(NC(C)C)n3)nc2c1Cl. The van der Waals surface area contributed by atoms with Crippen molar-refractivity contribution in [2.45, 2.75) is 126 Å². The molecule has 2 unspecified atom stereocenters. The van der Waals surface area contributed by atoms with E-state index in [4.69, 9.17) is 26.1 Å². The van der Waals surface area contributed by atoms with E-state index in [0.717, 1.165) is 18.2 Å². The molecule has 4 aromatic rings. The molecule has 5 atom stereocenters. The first kappa shape index (κ1) is 49.1. The Morgan fingerprint density at radius 3 is 2.55 bits per heavy atom. The Labute approximate surface area is 387 Å². The third-order valence-electron chi connectivity index (χ3n) is 11.9. The number of anilines is 1. The predicted molar refractivity (Wildman–Crippen MR) is 241 cm³/mol. The molecule has 2 aliphatic heterocycles. The van der Waals surface area contributed by atoms with Crippen molar-refractivity contribution in [2.24, 2.45) is 0 Å². The number of alkyl halides is 3. The lowest BCUT2D eigenvalue weighted by Gasteiger charge is -2.31. The molecule has 2 aromatic heterocycles. The van der Waals surface area contributed by atoms with E-state index in [1.165, 1.54) is 23.3 Å². The van der Waals surface area contributed by atoms with E-state index >= 15 is 0 Å². The van der Waals surface area contributed by atoms with Gasteiger partial charge in [0.2, 0.25) is 25.1 Å². The summed E-state index contributed by atoms with van der Waals surface area (Å²) in [5, 5.41) is 9.82. The maximum Gasteiger partial charge on any atom is 0.389 e. The minimum absolute atomic E-state index is 0.0825. The maximum atomic E-state index is 14.9. The second-order valence-electron chi connectivity index (χ2n) is 17.2. The largest absolute Gasteiger partial charge is 0.495 e. The fourth-order valence-electron chi connectivity index (χ4n) is 8.50. The number of amides is 3. The summed E-state index contributed by atoms with van der Waals surface area (Å²) < 4.78 is 95.4. The number of allylic oxidation sites excluding steroid dienone is 1. The summed E-state index contributed by atoms with van der Waals surface area (Å²) in [6.07, 6.45) is -4.09. The first-order chi connectivity index (χ1) is 31.3. The summed E-state index contributed by atoms with van der Waals surface area (Å²) in [6.45, 7) is 3.71. The maximum absolute atomic E-state index is 14.9. The smallest absolute Gasteiger partial charge is 0.389 e. The van der Waals surface area contributed by atoms with Crippen LogP contribution < -0.4 is 25.4 Å². The molecule has 13 nitrogen and oxygen atoms in total. The van der Waals surface area contributed by atoms with Gasteiger partial charge in [-0.05, 0) is 69.4 Å². The molecule has 21 heteroatoms. The average Bonchev–Trinajstić information content (AvgIpc) is 3.51. The highest BCUT2D eigenvalue weighted by molar-refractivity contribution is 7.59. The van der Waals surface area contributed by atoms with Gasteiger partial charge in [0.05, 0.1) is 31.0 Å². The molecule has 0 spiro atoms. The van der Waals surface area contributed by atoms with Crippen LogP contribution in [0.15, 0.2) is 53.4 Å². The molecule has 0 bridgehead atoms. The average molecular weight is 981 g/mol. The normalized spacial score (nSPS) is 22.6. The molecule has 66 heavy (non-hydrogen) atoms. The van der Waals surface area contributed by atoms with Crippen LogP contribution in [0.5, 0.6) is 11.5 Å². The molecule has 0 radical (unpaired) electrons. The number of carbonyl (C=O) groups excluding carboxylic acids is 3. The van der Waals surface area contributed by atoms with Gasteiger partial charge >= 0.3 is 6.18 Å². The van der Waals surface area contributed by atoms with Gasteiger partial charge in [-0.1, -0.05) is 43.0 Å². The molecular formula is C45H51ClF5N6O7PS. The molecule has 3 aliphatic rings. The number of hydrogen-bond acceptors (Lipinski definition) is 10. The number of halogens is 6. The van der Waals surface area contributed by atoms with Crippen LogP contribution in [-0.2, 0) is 25.1 Å². The first-order valence-corrected chi connectivity index (χ1v) is 24.9. The summed E-state index contributed by atoms with van der Waals surface area (Å²) in [5.74, 6) is -3.78. The summed E-state index contributed by atoms with van der Waals surface area (Å²) >= 11 is 8.18. The van der Waals surface area contributed by atoms with Gasteiger partial charge in [-0.3, -0.25) is 18.9 Å². The molecule has 4 N–H and O–H groups in total. The minimum atomic E-state index is -4.70. The molecule has 1 saturated carbocycles. The Hall–Kier alpha value is -4.84. The van der Waals surface area contributed by atoms with E-state index in [1.54, 1.807) is 29.7 Å². The van der Waals surface area contributed by atoms with Gasteiger partial charge in [0.15, 0.2) is 5.13 Å². The van der Waals surface area contributed by atoms with Crippen molar-refractivity contribution in [3.05, 3.63) is 75.6 Å². The number of thiazole rings is 1. The number of nitrogens with one attached hydrogen (secondary N) is 3. The van der Waals surface area contributed by atoms with Crippen molar-refractivity contribution < 1.29 is 55.3 Å². The standard InChI is InChI=1S/C45H51ClF5N6O7PS/c1-25(2)52-43-55-34(24-66-43)33-20-37(28-16-17-36(63-3)39(46)40(28)54-33)64-27-19-35-41(59)56-44(65(61,62)23-29-30(47)12-9-13-31(29)48)21-26(44)11-7-5-4-6-8-14-32(42(60)57(35)22-27)53-38(58)15-10-18-45(49,50)51/h9,11-13,16-17,20,24-25,27,32,35H,4-8,10,14-15,18-19,21-23H2,1-3H3,(H,52,55)(H,53,58)(H,56,59)(H,61,62)/t27?,32-,35-,44-/m0/s1. The summed E-state index contributed by atoms with van der Waals surface area (Å²) in [4.78, 5) is 65.1. The molecule has 1 saturated heterocycles. The Balaban J connectivity index is 1.25. The highest BCUT2D eigenvalue weighted by atomic mass is 35.5. The van der Waals surface area contributed by atoms with Crippen molar-refractivity contribution in [3.63, 3.8) is 0 Å². The number of carbonyl (C=O) groups is 3. The lowest BCUT2D eigenvalue weighted by atomic mass is 10.0. The number of rotatable bonds is 13. The van der Waals surface area contributed by atoms with Crippen molar-refractivity contribution >= 4 is 64.1 Å². The second kappa shape index (κ2) is 20.2. The Kier molecular flexibility index (Phi) is 15.0. The number of hydrogen-bond donors (Lipinski definition) is 4. The summed E-state index contributed by atoms with van der Waals surface area (Å²) in [5.41, 5.74) is 0.998. The van der Waals surface area contributed by atoms with E-state index < -0.39 is 97.4 Å². The van der Waals surface area contributed by atoms with Crippen LogP contribution in [-0.4, -0.2) is 86.8 Å². The third kappa shape index (κ3) is 11.1. The third-order valence-corrected chi connectivity index (χ3v) is 15.6. The fraction of sp³-hybridized carbons (Fsp3) is 0.489. The molecule has 3 amide bonds. The number of aromatic nitrogens is 2. The van der Waals surface area contributed by atoms with Crippen molar-refractivity contribution in [1.82, 2.24) is 25.5 Å². The lowest BCUT2D eigenvalue weighted by molar-refractivity contribution is -0.142. The van der Waals surface area contributed by atoms with Gasteiger partial charge in [0.25, 0.3) is 0 Å². The Morgan fingerprint density at radius 1 is 1.09 bits per heavy atom. The predicted octanol–water partition coefficient (Wildman–Crippen LogP) is 9.65. The highest BCUT2D eigenvalue weighted by Gasteiger charge is 2.63. The Morgan fingerprint density at radius 2 is 1.83 bits per heavy atom. The van der Waals surface area contributed by atoms with Gasteiger partial charge in [-0.15, -0.1) is 11.3 Å². The van der Waals surface area contributed by atoms with Crippen LogP contribution >= 0.6 is 30.3 Å². The number of nitrogens with zero attached hydrogens (tertiary/aromatic N) is 3. The molecule has 1 aliphatic carbocycles. The zero-order valence-corrected chi connectivity index (χ0v) is 38.9. The van der Waals surface area contributed by atoms with Crippen molar-refractivity contribution in [2.75, 3.05) is 19.0 Å². The van der Waals surface area contributed by atoms with Crippen LogP contribution in [0.2, 0.25) is 5.02 Å². The molecular weight excluding hydrogens is 930 g/mol. The van der Waals surface area contributed by atoms with E-state index in [-0.39, 0.29) is 42.6 Å². The topological polar surface area (TPSA) is 172 Å². The first-order valence-electron chi connectivity index (χ1n) is 21.8. The van der Waals surface area contributed by atoms with Gasteiger partial charge in [0.1, 0.15) is 57.3 Å². The number of ether oxygens (including phenoxy) is 2. The monoisotopic (exact) mass is 980 g/mol. The molecule has 4 heterocycles. The quantitative estimate of drug-likeness (QED) is 0.0575. The van der Waals surface area contributed by atoms with E-state index in [9.17, 15) is 45.8 Å². The molecule has 2 fully saturated rings.